The maximum Gasteiger partial charge on any atom is 0.0508 e. The van der Waals surface area contributed by atoms with Gasteiger partial charge in [0.25, 0.3) is 0 Å². The first-order valence-corrected chi connectivity index (χ1v) is 13.1. The fourth-order valence-corrected chi connectivity index (χ4v) is 6.09. The van der Waals surface area contributed by atoms with Crippen LogP contribution in [0.25, 0.3) is 22.3 Å². The Balaban J connectivity index is 1.57. The lowest BCUT2D eigenvalue weighted by molar-refractivity contribution is 0.661. The lowest BCUT2D eigenvalue weighted by Gasteiger charge is -2.32. The minimum atomic E-state index is -0.0956. The number of anilines is 3. The van der Waals surface area contributed by atoms with Gasteiger partial charge in [-0.1, -0.05) is 98.3 Å². The van der Waals surface area contributed by atoms with Crippen LogP contribution in [-0.2, 0) is 5.41 Å². The van der Waals surface area contributed by atoms with Crippen molar-refractivity contribution < 1.29 is 0 Å². The normalized spacial score (nSPS) is 13.2. The standard InChI is InChI=1S/C36H33N/c1-24-17-19-27(20-18-24)37(28-21-22-30(26(3)23-28)29-12-7-6-11-25(29)2)34-16-10-14-32-31-13-8-9-15-33(31)36(4,5)35(32)34/h6-23H,1-5H3. The largest absolute Gasteiger partial charge is 0.310 e. The van der Waals surface area contributed by atoms with Crippen LogP contribution in [0.5, 0.6) is 0 Å². The van der Waals surface area contributed by atoms with Gasteiger partial charge in [0.15, 0.2) is 0 Å². The van der Waals surface area contributed by atoms with Crippen LogP contribution >= 0.6 is 0 Å². The highest BCUT2D eigenvalue weighted by Crippen LogP contribution is 2.54. The third-order valence-electron chi connectivity index (χ3n) is 7.99. The van der Waals surface area contributed by atoms with Gasteiger partial charge in [-0.25, -0.2) is 0 Å². The summed E-state index contributed by atoms with van der Waals surface area (Å²) < 4.78 is 0. The summed E-state index contributed by atoms with van der Waals surface area (Å²) in [5.74, 6) is 0. The zero-order valence-corrected chi connectivity index (χ0v) is 22.3. The van der Waals surface area contributed by atoms with Crippen molar-refractivity contribution in [2.45, 2.75) is 40.0 Å². The predicted octanol–water partition coefficient (Wildman–Crippen LogP) is 10.1. The molecule has 1 aliphatic carbocycles. The molecule has 37 heavy (non-hydrogen) atoms. The summed E-state index contributed by atoms with van der Waals surface area (Å²) in [5, 5.41) is 0. The summed E-state index contributed by atoms with van der Waals surface area (Å²) in [7, 11) is 0. The van der Waals surface area contributed by atoms with E-state index in [0.717, 1.165) is 0 Å². The average molecular weight is 480 g/mol. The smallest absolute Gasteiger partial charge is 0.0508 e. The van der Waals surface area contributed by atoms with Gasteiger partial charge >= 0.3 is 0 Å². The third kappa shape index (κ3) is 3.78. The Bertz CT molecular complexity index is 1620. The molecule has 5 aromatic rings. The number of benzene rings is 5. The van der Waals surface area contributed by atoms with Gasteiger partial charge in [-0.15, -0.1) is 0 Å². The minimum Gasteiger partial charge on any atom is -0.310 e. The SMILES string of the molecule is Cc1ccc(N(c2ccc(-c3ccccc3C)c(C)c2)c2cccc3c2C(C)(C)c2ccccc2-3)cc1. The van der Waals surface area contributed by atoms with E-state index in [2.05, 4.69) is 149 Å². The molecule has 0 aliphatic heterocycles. The number of hydrogen-bond donors (Lipinski definition) is 0. The molecule has 0 unspecified atom stereocenters. The second-order valence-electron chi connectivity index (χ2n) is 10.9. The average Bonchev–Trinajstić information content (AvgIpc) is 3.14. The molecule has 0 aromatic heterocycles. The van der Waals surface area contributed by atoms with Crippen molar-refractivity contribution in [1.29, 1.82) is 0 Å². The molecule has 0 bridgehead atoms. The summed E-state index contributed by atoms with van der Waals surface area (Å²) in [5.41, 5.74) is 15.4. The van der Waals surface area contributed by atoms with E-state index in [4.69, 9.17) is 0 Å². The molecule has 0 spiro atoms. The molecule has 0 radical (unpaired) electrons. The molecule has 5 aromatic carbocycles. The highest BCUT2D eigenvalue weighted by atomic mass is 15.1. The Morgan fingerprint density at radius 1 is 0.514 bits per heavy atom. The van der Waals surface area contributed by atoms with Crippen molar-refractivity contribution >= 4 is 17.1 Å². The first-order chi connectivity index (χ1) is 17.9. The molecule has 0 heterocycles. The molecule has 0 saturated heterocycles. The summed E-state index contributed by atoms with van der Waals surface area (Å²) in [4.78, 5) is 2.44. The monoisotopic (exact) mass is 479 g/mol. The van der Waals surface area contributed by atoms with Gasteiger partial charge in [-0.05, 0) is 95.6 Å². The molecule has 6 rings (SSSR count). The lowest BCUT2D eigenvalue weighted by Crippen LogP contribution is -2.20. The first kappa shape index (κ1) is 23.3. The Kier molecular flexibility index (Phi) is 5.53. The van der Waals surface area contributed by atoms with Crippen LogP contribution in [-0.4, -0.2) is 0 Å². The van der Waals surface area contributed by atoms with E-state index < -0.39 is 0 Å². The Hall–Kier alpha value is -4.10. The molecule has 1 nitrogen and oxygen atoms in total. The van der Waals surface area contributed by atoms with Crippen LogP contribution in [0.2, 0.25) is 0 Å². The second kappa shape index (κ2) is 8.78. The lowest BCUT2D eigenvalue weighted by atomic mass is 9.81. The van der Waals surface area contributed by atoms with Crippen molar-refractivity contribution in [3.8, 4) is 22.3 Å². The van der Waals surface area contributed by atoms with Gasteiger partial charge < -0.3 is 4.90 Å². The first-order valence-electron chi connectivity index (χ1n) is 13.1. The van der Waals surface area contributed by atoms with E-state index in [1.165, 1.54) is 67.1 Å². The molecule has 0 saturated carbocycles. The van der Waals surface area contributed by atoms with E-state index in [-0.39, 0.29) is 5.41 Å². The highest BCUT2D eigenvalue weighted by Gasteiger charge is 2.38. The summed E-state index contributed by atoms with van der Waals surface area (Å²) in [6.07, 6.45) is 0. The van der Waals surface area contributed by atoms with E-state index in [0.29, 0.717) is 0 Å². The van der Waals surface area contributed by atoms with E-state index in [9.17, 15) is 0 Å². The molecule has 0 amide bonds. The van der Waals surface area contributed by atoms with Gasteiger partial charge in [0, 0.05) is 16.8 Å². The number of hydrogen-bond acceptors (Lipinski definition) is 1. The van der Waals surface area contributed by atoms with Crippen molar-refractivity contribution in [1.82, 2.24) is 0 Å². The summed E-state index contributed by atoms with van der Waals surface area (Å²) in [6.45, 7) is 11.3. The topological polar surface area (TPSA) is 3.24 Å². The third-order valence-corrected chi connectivity index (χ3v) is 7.99. The molecular formula is C36H33N. The Morgan fingerprint density at radius 3 is 1.86 bits per heavy atom. The predicted molar refractivity (Wildman–Crippen MR) is 158 cm³/mol. The quantitative estimate of drug-likeness (QED) is 0.248. The van der Waals surface area contributed by atoms with Gasteiger partial charge in [-0.2, -0.15) is 0 Å². The Morgan fingerprint density at radius 2 is 1.14 bits per heavy atom. The number of fused-ring (bicyclic) bond motifs is 3. The van der Waals surface area contributed by atoms with Crippen molar-refractivity contribution in [3.63, 3.8) is 0 Å². The van der Waals surface area contributed by atoms with Gasteiger partial charge in [0.1, 0.15) is 0 Å². The zero-order valence-electron chi connectivity index (χ0n) is 22.3. The fraction of sp³-hybridized carbons (Fsp3) is 0.167. The molecule has 0 N–H and O–H groups in total. The second-order valence-corrected chi connectivity index (χ2v) is 10.9. The van der Waals surface area contributed by atoms with Gasteiger partial charge in [0.2, 0.25) is 0 Å². The molecule has 1 aliphatic rings. The van der Waals surface area contributed by atoms with E-state index in [1.807, 2.05) is 0 Å². The number of aryl methyl sites for hydroxylation is 3. The van der Waals surface area contributed by atoms with E-state index >= 15 is 0 Å². The maximum absolute atomic E-state index is 2.44. The molecule has 1 heteroatoms. The van der Waals surface area contributed by atoms with Crippen LogP contribution < -0.4 is 4.90 Å². The zero-order chi connectivity index (χ0) is 25.7. The highest BCUT2D eigenvalue weighted by molar-refractivity contribution is 5.91. The minimum absolute atomic E-state index is 0.0956. The Labute approximate surface area is 221 Å². The van der Waals surface area contributed by atoms with Crippen LogP contribution in [0.3, 0.4) is 0 Å². The van der Waals surface area contributed by atoms with Crippen molar-refractivity contribution in [3.05, 3.63) is 137 Å². The van der Waals surface area contributed by atoms with Gasteiger partial charge in [0.05, 0.1) is 5.69 Å². The van der Waals surface area contributed by atoms with Crippen LogP contribution in [0.4, 0.5) is 17.1 Å². The molecule has 0 fully saturated rings. The van der Waals surface area contributed by atoms with Crippen LogP contribution in [0.1, 0.15) is 41.7 Å². The summed E-state index contributed by atoms with van der Waals surface area (Å²) in [6, 6.07) is 40.1. The number of rotatable bonds is 4. The van der Waals surface area contributed by atoms with Gasteiger partial charge in [-0.3, -0.25) is 0 Å². The maximum atomic E-state index is 2.44. The van der Waals surface area contributed by atoms with Crippen molar-refractivity contribution in [2.75, 3.05) is 4.90 Å². The number of nitrogens with zero attached hydrogens (tertiary/aromatic N) is 1. The van der Waals surface area contributed by atoms with Crippen LogP contribution in [0, 0.1) is 20.8 Å². The molecule has 182 valence electrons. The summed E-state index contributed by atoms with van der Waals surface area (Å²) >= 11 is 0. The molecule has 0 atom stereocenters. The van der Waals surface area contributed by atoms with Crippen molar-refractivity contribution in [2.24, 2.45) is 0 Å². The fourth-order valence-electron chi connectivity index (χ4n) is 6.09. The van der Waals surface area contributed by atoms with Crippen LogP contribution in [0.15, 0.2) is 109 Å². The van der Waals surface area contributed by atoms with E-state index in [1.54, 1.807) is 0 Å². The molecular weight excluding hydrogens is 446 g/mol.